The smallest absolute Gasteiger partial charge is 0.261 e. The first-order chi connectivity index (χ1) is 10.2. The molecule has 2 saturated carbocycles. The summed E-state index contributed by atoms with van der Waals surface area (Å²) in [5.74, 6) is 3.36. The van der Waals surface area contributed by atoms with Crippen molar-refractivity contribution in [3.8, 4) is 5.75 Å². The molecule has 2 fully saturated rings. The molecule has 3 aliphatic rings. The van der Waals surface area contributed by atoms with Crippen molar-refractivity contribution in [1.82, 2.24) is 5.32 Å². The Hall–Kier alpha value is -1.51. The molecule has 4 rings (SSSR count). The summed E-state index contributed by atoms with van der Waals surface area (Å²) in [6, 6.07) is 8.22. The maximum Gasteiger partial charge on any atom is 0.261 e. The first-order valence-electron chi connectivity index (χ1n) is 8.25. The van der Waals surface area contributed by atoms with Gasteiger partial charge in [0.15, 0.2) is 6.10 Å². The van der Waals surface area contributed by atoms with Crippen LogP contribution in [0, 0.1) is 17.8 Å². The van der Waals surface area contributed by atoms with E-state index in [9.17, 15) is 4.79 Å². The Labute approximate surface area is 126 Å². The van der Waals surface area contributed by atoms with E-state index in [-0.39, 0.29) is 18.1 Å². The SMILES string of the molecule is CC(NC(=O)C1Cc2ccccc2O1)C1CC2CCC1C2. The molecule has 1 aromatic carbocycles. The van der Waals surface area contributed by atoms with Gasteiger partial charge in [-0.25, -0.2) is 0 Å². The van der Waals surface area contributed by atoms with E-state index >= 15 is 0 Å². The number of nitrogens with one attached hydrogen (secondary N) is 1. The number of hydrogen-bond donors (Lipinski definition) is 1. The van der Waals surface area contributed by atoms with Gasteiger partial charge in [-0.15, -0.1) is 0 Å². The van der Waals surface area contributed by atoms with Crippen molar-refractivity contribution in [2.75, 3.05) is 0 Å². The standard InChI is InChI=1S/C18H23NO2/c1-11(15-9-12-6-7-13(15)8-12)19-18(20)17-10-14-4-2-3-5-16(14)21-17/h2-5,11-13,15,17H,6-10H2,1H3,(H,19,20). The Morgan fingerprint density at radius 2 is 2.14 bits per heavy atom. The van der Waals surface area contributed by atoms with Crippen LogP contribution in [0.5, 0.6) is 5.75 Å². The summed E-state index contributed by atoms with van der Waals surface area (Å²) in [6.45, 7) is 2.17. The van der Waals surface area contributed by atoms with Gasteiger partial charge < -0.3 is 10.1 Å². The Balaban J connectivity index is 1.36. The van der Waals surface area contributed by atoms with Gasteiger partial charge in [-0.05, 0) is 55.6 Å². The Morgan fingerprint density at radius 1 is 1.29 bits per heavy atom. The molecule has 112 valence electrons. The highest BCUT2D eigenvalue weighted by Gasteiger charge is 2.42. The van der Waals surface area contributed by atoms with Gasteiger partial charge in [0, 0.05) is 12.5 Å². The monoisotopic (exact) mass is 285 g/mol. The Morgan fingerprint density at radius 3 is 2.86 bits per heavy atom. The molecule has 0 aromatic heterocycles. The summed E-state index contributed by atoms with van der Waals surface area (Å²) in [5.41, 5.74) is 1.14. The molecular weight excluding hydrogens is 262 g/mol. The van der Waals surface area contributed by atoms with Gasteiger partial charge in [0.1, 0.15) is 5.75 Å². The van der Waals surface area contributed by atoms with Crippen molar-refractivity contribution in [3.05, 3.63) is 29.8 Å². The number of amides is 1. The molecule has 0 spiro atoms. The number of para-hydroxylation sites is 1. The molecule has 0 saturated heterocycles. The van der Waals surface area contributed by atoms with Gasteiger partial charge in [0.05, 0.1) is 0 Å². The van der Waals surface area contributed by atoms with Crippen LogP contribution in [-0.4, -0.2) is 18.1 Å². The fraction of sp³-hybridized carbons (Fsp3) is 0.611. The maximum atomic E-state index is 12.5. The molecule has 0 radical (unpaired) electrons. The number of carbonyl (C=O) groups excluding carboxylic acids is 1. The lowest BCUT2D eigenvalue weighted by Crippen LogP contribution is -2.46. The van der Waals surface area contributed by atoms with Gasteiger partial charge in [-0.1, -0.05) is 24.6 Å². The average molecular weight is 285 g/mol. The van der Waals surface area contributed by atoms with Gasteiger partial charge >= 0.3 is 0 Å². The van der Waals surface area contributed by atoms with Crippen LogP contribution in [0.4, 0.5) is 0 Å². The van der Waals surface area contributed by atoms with Crippen molar-refractivity contribution in [3.63, 3.8) is 0 Å². The molecule has 5 unspecified atom stereocenters. The Kier molecular flexibility index (Phi) is 3.16. The molecule has 5 atom stereocenters. The number of carbonyl (C=O) groups is 1. The average Bonchev–Trinajstić information content (AvgIpc) is 3.21. The molecule has 1 aliphatic heterocycles. The third-order valence-corrected chi connectivity index (χ3v) is 5.74. The van der Waals surface area contributed by atoms with Crippen LogP contribution in [0.15, 0.2) is 24.3 Å². The van der Waals surface area contributed by atoms with Crippen LogP contribution in [0.3, 0.4) is 0 Å². The topological polar surface area (TPSA) is 38.3 Å². The zero-order chi connectivity index (χ0) is 14.4. The molecular formula is C18H23NO2. The zero-order valence-corrected chi connectivity index (χ0v) is 12.5. The lowest BCUT2D eigenvalue weighted by molar-refractivity contribution is -0.128. The summed E-state index contributed by atoms with van der Waals surface area (Å²) in [4.78, 5) is 12.5. The fourth-order valence-electron chi connectivity index (χ4n) is 4.66. The van der Waals surface area contributed by atoms with Crippen LogP contribution >= 0.6 is 0 Å². The van der Waals surface area contributed by atoms with E-state index in [4.69, 9.17) is 4.74 Å². The molecule has 1 heterocycles. The van der Waals surface area contributed by atoms with E-state index in [0.29, 0.717) is 12.3 Å². The Bertz CT molecular complexity index is 531. The highest BCUT2D eigenvalue weighted by Crippen LogP contribution is 2.49. The van der Waals surface area contributed by atoms with Crippen LogP contribution < -0.4 is 10.1 Å². The maximum absolute atomic E-state index is 12.5. The van der Waals surface area contributed by atoms with Crippen LogP contribution in [-0.2, 0) is 11.2 Å². The summed E-state index contributed by atoms with van der Waals surface area (Å²) < 4.78 is 5.78. The molecule has 21 heavy (non-hydrogen) atoms. The zero-order valence-electron chi connectivity index (χ0n) is 12.5. The fourth-order valence-corrected chi connectivity index (χ4v) is 4.66. The molecule has 1 N–H and O–H groups in total. The van der Waals surface area contributed by atoms with E-state index in [2.05, 4.69) is 12.2 Å². The largest absolute Gasteiger partial charge is 0.480 e. The number of ether oxygens (including phenoxy) is 1. The van der Waals surface area contributed by atoms with Gasteiger partial charge in [-0.3, -0.25) is 4.79 Å². The van der Waals surface area contributed by atoms with Crippen LogP contribution in [0.2, 0.25) is 0 Å². The summed E-state index contributed by atoms with van der Waals surface area (Å²) in [6.07, 6.45) is 5.81. The van der Waals surface area contributed by atoms with Crippen molar-refractivity contribution < 1.29 is 9.53 Å². The van der Waals surface area contributed by atoms with E-state index < -0.39 is 0 Å². The normalized spacial score (nSPS) is 34.3. The van der Waals surface area contributed by atoms with Crippen LogP contribution in [0.25, 0.3) is 0 Å². The van der Waals surface area contributed by atoms with Gasteiger partial charge in [-0.2, -0.15) is 0 Å². The third-order valence-electron chi connectivity index (χ3n) is 5.74. The quantitative estimate of drug-likeness (QED) is 0.927. The predicted molar refractivity (Wildman–Crippen MR) is 81.1 cm³/mol. The highest BCUT2D eigenvalue weighted by molar-refractivity contribution is 5.82. The van der Waals surface area contributed by atoms with Crippen molar-refractivity contribution in [2.24, 2.45) is 17.8 Å². The van der Waals surface area contributed by atoms with Crippen molar-refractivity contribution in [2.45, 2.75) is 51.2 Å². The molecule has 3 heteroatoms. The first-order valence-corrected chi connectivity index (χ1v) is 8.25. The molecule has 2 bridgehead atoms. The van der Waals surface area contributed by atoms with Crippen LogP contribution in [0.1, 0.15) is 38.2 Å². The second-order valence-corrected chi connectivity index (χ2v) is 7.05. The second kappa shape index (κ2) is 5.04. The minimum Gasteiger partial charge on any atom is -0.480 e. The predicted octanol–water partition coefficient (Wildman–Crippen LogP) is 2.93. The van der Waals surface area contributed by atoms with E-state index in [1.807, 2.05) is 24.3 Å². The molecule has 1 aromatic rings. The number of benzene rings is 1. The number of hydrogen-bond acceptors (Lipinski definition) is 2. The minimum atomic E-state index is -0.344. The van der Waals surface area contributed by atoms with Crippen molar-refractivity contribution in [1.29, 1.82) is 0 Å². The summed E-state index contributed by atoms with van der Waals surface area (Å²) in [5, 5.41) is 3.22. The summed E-state index contributed by atoms with van der Waals surface area (Å²) >= 11 is 0. The van der Waals surface area contributed by atoms with Crippen molar-refractivity contribution >= 4 is 5.91 Å². The van der Waals surface area contributed by atoms with E-state index in [1.54, 1.807) is 0 Å². The minimum absolute atomic E-state index is 0.0569. The number of rotatable bonds is 3. The molecule has 3 nitrogen and oxygen atoms in total. The van der Waals surface area contributed by atoms with E-state index in [0.717, 1.165) is 23.1 Å². The molecule has 2 aliphatic carbocycles. The second-order valence-electron chi connectivity index (χ2n) is 7.05. The lowest BCUT2D eigenvalue weighted by atomic mass is 9.84. The van der Waals surface area contributed by atoms with E-state index in [1.165, 1.54) is 25.7 Å². The highest BCUT2D eigenvalue weighted by atomic mass is 16.5. The number of fused-ring (bicyclic) bond motifs is 3. The molecule has 1 amide bonds. The lowest BCUT2D eigenvalue weighted by Gasteiger charge is -2.29. The van der Waals surface area contributed by atoms with Gasteiger partial charge in [0.2, 0.25) is 0 Å². The van der Waals surface area contributed by atoms with Gasteiger partial charge in [0.25, 0.3) is 5.91 Å². The third kappa shape index (κ3) is 2.33. The summed E-state index contributed by atoms with van der Waals surface area (Å²) in [7, 11) is 0. The first kappa shape index (κ1) is 13.2.